The van der Waals surface area contributed by atoms with Crippen LogP contribution in [-0.4, -0.2) is 34.9 Å². The van der Waals surface area contributed by atoms with Gasteiger partial charge >= 0.3 is 5.97 Å². The molecule has 1 aromatic heterocycles. The van der Waals surface area contributed by atoms with Crippen LogP contribution in [0.1, 0.15) is 31.2 Å². The van der Waals surface area contributed by atoms with Crippen molar-refractivity contribution in [3.63, 3.8) is 0 Å². The maximum atomic E-state index is 12.8. The first-order chi connectivity index (χ1) is 18.3. The molecule has 0 saturated carbocycles. The summed E-state index contributed by atoms with van der Waals surface area (Å²) in [5.41, 5.74) is 3.05. The van der Waals surface area contributed by atoms with E-state index in [1.54, 1.807) is 0 Å². The summed E-state index contributed by atoms with van der Waals surface area (Å²) in [6.07, 6.45) is -0.968. The van der Waals surface area contributed by atoms with Crippen LogP contribution in [0.3, 0.4) is 0 Å². The number of halogens is 2. The highest BCUT2D eigenvalue weighted by molar-refractivity contribution is 6.44. The van der Waals surface area contributed by atoms with Crippen molar-refractivity contribution in [3.8, 4) is 22.8 Å². The van der Waals surface area contributed by atoms with Gasteiger partial charge in [0.25, 0.3) is 0 Å². The number of aromatic nitrogens is 1. The Balaban J connectivity index is 1.69. The smallest absolute Gasteiger partial charge is 0.308 e. The van der Waals surface area contributed by atoms with Crippen LogP contribution in [0.15, 0.2) is 71.8 Å². The molecule has 0 saturated heterocycles. The zero-order valence-corrected chi connectivity index (χ0v) is 22.1. The number of methoxy groups -OCH3 is 1. The van der Waals surface area contributed by atoms with Gasteiger partial charge in [0, 0.05) is 36.4 Å². The maximum absolute atomic E-state index is 12.8. The second kappa shape index (κ2) is 10.3. The lowest BCUT2D eigenvalue weighted by atomic mass is 10.0. The summed E-state index contributed by atoms with van der Waals surface area (Å²) in [5.74, 6) is -0.939. The maximum Gasteiger partial charge on any atom is 0.308 e. The van der Waals surface area contributed by atoms with Gasteiger partial charge in [0.2, 0.25) is 18.0 Å². The quantitative estimate of drug-likeness (QED) is 0.212. The van der Waals surface area contributed by atoms with Gasteiger partial charge in [-0.2, -0.15) is 5.01 Å². The predicted molar refractivity (Wildman–Crippen MR) is 144 cm³/mol. The van der Waals surface area contributed by atoms with Gasteiger partial charge in [-0.3, -0.25) is 9.59 Å². The predicted octanol–water partition coefficient (Wildman–Crippen LogP) is 6.38. The fourth-order valence-electron chi connectivity index (χ4n) is 4.21. The summed E-state index contributed by atoms with van der Waals surface area (Å²) in [6.45, 7) is 2.61. The summed E-state index contributed by atoms with van der Waals surface area (Å²) in [6, 6.07) is 20.5. The summed E-state index contributed by atoms with van der Waals surface area (Å²) >= 11 is 12.9. The van der Waals surface area contributed by atoms with Gasteiger partial charge in [0.15, 0.2) is 11.5 Å². The Labute approximate surface area is 228 Å². The zero-order chi connectivity index (χ0) is 27.0. The summed E-state index contributed by atoms with van der Waals surface area (Å²) in [4.78, 5) is 29.5. The highest BCUT2D eigenvalue weighted by Gasteiger charge is 2.38. The van der Waals surface area contributed by atoms with Crippen LogP contribution >= 0.6 is 23.2 Å². The fraction of sp³-hybridized carbons (Fsp3) is 0.143. The number of carbonyl (C=O) groups is 2. The molecule has 1 amide bonds. The van der Waals surface area contributed by atoms with Crippen LogP contribution in [-0.2, 0) is 14.3 Å². The van der Waals surface area contributed by atoms with E-state index in [1.165, 1.54) is 32.0 Å². The number of nitrogens with zero attached hydrogens (tertiary/aromatic N) is 3. The number of esters is 1. The van der Waals surface area contributed by atoms with Crippen LogP contribution in [0.4, 0.5) is 0 Å². The fourth-order valence-corrected chi connectivity index (χ4v) is 4.62. The Bertz CT molecular complexity index is 1610. The number of amides is 1. The van der Waals surface area contributed by atoms with E-state index in [4.69, 9.17) is 42.4 Å². The van der Waals surface area contributed by atoms with Crippen molar-refractivity contribution in [2.75, 3.05) is 7.11 Å². The Kier molecular flexibility index (Phi) is 6.93. The van der Waals surface area contributed by atoms with E-state index in [-0.39, 0.29) is 38.9 Å². The molecule has 0 radical (unpaired) electrons. The normalized spacial score (nSPS) is 14.7. The van der Waals surface area contributed by atoms with E-state index in [9.17, 15) is 9.59 Å². The first-order valence-electron chi connectivity index (χ1n) is 11.5. The van der Waals surface area contributed by atoms with Crippen molar-refractivity contribution in [1.82, 2.24) is 9.99 Å². The van der Waals surface area contributed by atoms with Crippen molar-refractivity contribution in [1.29, 1.82) is 0 Å². The average Bonchev–Trinajstić information content (AvgIpc) is 3.35. The van der Waals surface area contributed by atoms with Gasteiger partial charge in [-0.25, -0.2) is 4.98 Å². The number of rotatable bonds is 5. The molecule has 1 atom stereocenters. The molecule has 2 heterocycles. The molecule has 1 aliphatic heterocycles. The molecule has 8 nitrogen and oxygen atoms in total. The van der Waals surface area contributed by atoms with Crippen LogP contribution in [0.5, 0.6) is 11.5 Å². The van der Waals surface area contributed by atoms with E-state index in [1.807, 2.05) is 60.7 Å². The number of benzene rings is 3. The number of hydrogen-bond acceptors (Lipinski definition) is 7. The second-order valence-corrected chi connectivity index (χ2v) is 9.18. The third-order valence-corrected chi connectivity index (χ3v) is 6.66. The Morgan fingerprint density at radius 2 is 1.71 bits per heavy atom. The topological polar surface area (TPSA) is 90.3 Å². The molecule has 0 spiro atoms. The minimum Gasteiger partial charge on any atom is -0.493 e. The van der Waals surface area contributed by atoms with E-state index in [0.29, 0.717) is 16.8 Å². The molecule has 0 N–H and O–H groups in total. The minimum absolute atomic E-state index is 0.0242. The van der Waals surface area contributed by atoms with E-state index in [2.05, 4.69) is 5.10 Å². The number of fused-ring (bicyclic) bond motifs is 1. The lowest BCUT2D eigenvalue weighted by Crippen LogP contribution is -2.25. The van der Waals surface area contributed by atoms with Crippen LogP contribution in [0.25, 0.3) is 22.2 Å². The average molecular weight is 550 g/mol. The third-order valence-electron chi connectivity index (χ3n) is 5.87. The molecule has 38 heavy (non-hydrogen) atoms. The first-order valence-corrected chi connectivity index (χ1v) is 12.3. The molecule has 3 aromatic carbocycles. The van der Waals surface area contributed by atoms with E-state index >= 15 is 0 Å². The number of para-hydroxylation sites is 1. The molecule has 1 aliphatic rings. The van der Waals surface area contributed by atoms with Gasteiger partial charge in [0.05, 0.1) is 28.4 Å². The van der Waals surface area contributed by atoms with Crippen LogP contribution in [0.2, 0.25) is 10.0 Å². The summed E-state index contributed by atoms with van der Waals surface area (Å²) in [5, 5.41) is 6.56. The molecule has 0 fully saturated rings. The molecular formula is C28H21Cl2N3O5. The summed E-state index contributed by atoms with van der Waals surface area (Å²) < 4.78 is 17.1. The number of pyridine rings is 1. The monoisotopic (exact) mass is 549 g/mol. The van der Waals surface area contributed by atoms with E-state index in [0.717, 1.165) is 10.9 Å². The van der Waals surface area contributed by atoms with Gasteiger partial charge in [-0.05, 0) is 12.1 Å². The largest absolute Gasteiger partial charge is 0.493 e. The van der Waals surface area contributed by atoms with Gasteiger partial charge < -0.3 is 14.2 Å². The molecule has 192 valence electrons. The number of hydrazone groups is 1. The molecule has 0 bridgehead atoms. The molecule has 0 aliphatic carbocycles. The van der Waals surface area contributed by atoms with E-state index < -0.39 is 12.2 Å². The van der Waals surface area contributed by atoms with Crippen molar-refractivity contribution >= 4 is 51.9 Å². The van der Waals surface area contributed by atoms with Gasteiger partial charge in [0.1, 0.15) is 5.56 Å². The lowest BCUT2D eigenvalue weighted by molar-refractivity contribution is -0.135. The molecule has 4 aromatic rings. The zero-order valence-electron chi connectivity index (χ0n) is 20.6. The van der Waals surface area contributed by atoms with Crippen LogP contribution < -0.4 is 9.47 Å². The molecule has 10 heteroatoms. The van der Waals surface area contributed by atoms with Crippen molar-refractivity contribution in [3.05, 3.63) is 87.9 Å². The Morgan fingerprint density at radius 1 is 1.00 bits per heavy atom. The molecule has 5 rings (SSSR count). The SMILES string of the molecule is COc1cc(Cl)c(Cl)c(C2=NN(C(C)=O)[C@H](c3cc(-c4ccccc4)nc4ccccc34)O2)c1OC(C)=O. The Hall–Kier alpha value is -4.14. The van der Waals surface area contributed by atoms with Crippen molar-refractivity contribution < 1.29 is 23.8 Å². The lowest BCUT2D eigenvalue weighted by Gasteiger charge is -2.22. The third kappa shape index (κ3) is 4.64. The highest BCUT2D eigenvalue weighted by Crippen LogP contribution is 2.45. The van der Waals surface area contributed by atoms with Crippen molar-refractivity contribution in [2.45, 2.75) is 20.1 Å². The number of carbonyl (C=O) groups excluding carboxylic acids is 2. The highest BCUT2D eigenvalue weighted by atomic mass is 35.5. The Morgan fingerprint density at radius 3 is 2.39 bits per heavy atom. The number of ether oxygens (including phenoxy) is 3. The minimum atomic E-state index is -0.968. The van der Waals surface area contributed by atoms with Gasteiger partial charge in [-0.15, -0.1) is 5.10 Å². The van der Waals surface area contributed by atoms with Gasteiger partial charge in [-0.1, -0.05) is 71.7 Å². The standard InChI is InChI=1S/C28H21Cl2N3O5/c1-15(34)33-28(19-13-22(17-9-5-4-6-10-17)31-21-12-8-7-11-18(19)21)38-27(32-33)24-25(30)20(29)14-23(36-3)26(24)37-16(2)35/h4-14,28H,1-3H3/t28-/m0/s1. The number of hydrogen-bond donors (Lipinski definition) is 0. The van der Waals surface area contributed by atoms with Crippen LogP contribution in [0, 0.1) is 0 Å². The van der Waals surface area contributed by atoms with Crippen molar-refractivity contribution in [2.24, 2.45) is 5.10 Å². The molecular weight excluding hydrogens is 529 g/mol. The summed E-state index contributed by atoms with van der Waals surface area (Å²) in [7, 11) is 1.40. The second-order valence-electron chi connectivity index (χ2n) is 8.39. The molecule has 0 unspecified atom stereocenters. The first kappa shape index (κ1) is 25.5.